The summed E-state index contributed by atoms with van der Waals surface area (Å²) in [4.78, 5) is 6.10. The molecule has 0 radical (unpaired) electrons. The first-order valence-corrected chi connectivity index (χ1v) is 5.43. The highest BCUT2D eigenvalue weighted by atomic mass is 35.5. The molecule has 0 aromatic carbocycles. The van der Waals surface area contributed by atoms with Crippen molar-refractivity contribution >= 4 is 17.4 Å². The van der Waals surface area contributed by atoms with Gasteiger partial charge in [-0.05, 0) is 25.5 Å². The van der Waals surface area contributed by atoms with Crippen molar-refractivity contribution < 1.29 is 5.11 Å². The molecule has 1 N–H and O–H groups in total. The molecule has 1 aromatic heterocycles. The molecule has 1 unspecified atom stereocenters. The molecule has 0 bridgehead atoms. The number of nitriles is 1. The number of nitrogens with zero attached hydrogens (tertiary/aromatic N) is 3. The quantitative estimate of drug-likeness (QED) is 0.754. The number of anilines is 1. The van der Waals surface area contributed by atoms with Gasteiger partial charge in [0.15, 0.2) is 0 Å². The van der Waals surface area contributed by atoms with Gasteiger partial charge in [-0.2, -0.15) is 5.26 Å². The van der Waals surface area contributed by atoms with Gasteiger partial charge in [0.05, 0.1) is 17.2 Å². The highest BCUT2D eigenvalue weighted by Gasteiger charge is 2.32. The van der Waals surface area contributed by atoms with Crippen molar-refractivity contribution in [3.63, 3.8) is 0 Å². The molecule has 1 aliphatic rings. The summed E-state index contributed by atoms with van der Waals surface area (Å²) >= 11 is 5.83. The molecule has 1 fully saturated rings. The van der Waals surface area contributed by atoms with E-state index in [1.54, 1.807) is 13.0 Å². The lowest BCUT2D eigenvalue weighted by Crippen LogP contribution is -2.30. The molecule has 5 heteroatoms. The average molecular weight is 238 g/mol. The van der Waals surface area contributed by atoms with Gasteiger partial charge >= 0.3 is 0 Å². The van der Waals surface area contributed by atoms with Crippen LogP contribution in [0.25, 0.3) is 0 Å². The SMILES string of the molecule is CC1(O)CCN(c2cc(C#N)cc(Cl)n2)C1. The Morgan fingerprint density at radius 2 is 2.38 bits per heavy atom. The fraction of sp³-hybridized carbons (Fsp3) is 0.455. The van der Waals surface area contributed by atoms with E-state index in [0.29, 0.717) is 29.5 Å². The number of pyridine rings is 1. The maximum Gasteiger partial charge on any atom is 0.132 e. The van der Waals surface area contributed by atoms with Crippen molar-refractivity contribution in [3.05, 3.63) is 22.8 Å². The molecule has 2 heterocycles. The van der Waals surface area contributed by atoms with Crippen molar-refractivity contribution in [3.8, 4) is 6.07 Å². The number of halogens is 1. The van der Waals surface area contributed by atoms with E-state index in [-0.39, 0.29) is 0 Å². The van der Waals surface area contributed by atoms with E-state index in [1.165, 1.54) is 6.07 Å². The van der Waals surface area contributed by atoms with Crippen LogP contribution in [0.2, 0.25) is 5.15 Å². The normalized spacial score (nSPS) is 24.5. The van der Waals surface area contributed by atoms with E-state index < -0.39 is 5.60 Å². The molecule has 1 atom stereocenters. The second kappa shape index (κ2) is 3.93. The number of hydrogen-bond acceptors (Lipinski definition) is 4. The molecule has 4 nitrogen and oxygen atoms in total. The zero-order valence-electron chi connectivity index (χ0n) is 8.94. The summed E-state index contributed by atoms with van der Waals surface area (Å²) in [5.41, 5.74) is -0.196. The fourth-order valence-electron chi connectivity index (χ4n) is 1.85. The highest BCUT2D eigenvalue weighted by molar-refractivity contribution is 6.29. The minimum absolute atomic E-state index is 0.306. The molecule has 0 amide bonds. The summed E-state index contributed by atoms with van der Waals surface area (Å²) in [6.07, 6.45) is 0.698. The summed E-state index contributed by atoms with van der Waals surface area (Å²) in [6, 6.07) is 5.25. The first kappa shape index (κ1) is 11.2. The van der Waals surface area contributed by atoms with Crippen LogP contribution in [0.15, 0.2) is 12.1 Å². The van der Waals surface area contributed by atoms with E-state index >= 15 is 0 Å². The van der Waals surface area contributed by atoms with E-state index in [1.807, 2.05) is 11.0 Å². The number of β-amino-alcohol motifs (C(OH)–C–C–N with tert-alkyl or cyclic N) is 1. The smallest absolute Gasteiger partial charge is 0.132 e. The third-order valence-corrected chi connectivity index (χ3v) is 2.88. The Morgan fingerprint density at radius 1 is 1.62 bits per heavy atom. The Labute approximate surface area is 99.1 Å². The predicted molar refractivity (Wildman–Crippen MR) is 61.4 cm³/mol. The van der Waals surface area contributed by atoms with E-state index in [2.05, 4.69) is 4.98 Å². The predicted octanol–water partition coefficient (Wildman–Crippen LogP) is 1.57. The van der Waals surface area contributed by atoms with Crippen LogP contribution in [0.3, 0.4) is 0 Å². The van der Waals surface area contributed by atoms with Crippen LogP contribution in [-0.2, 0) is 0 Å². The van der Waals surface area contributed by atoms with Gasteiger partial charge in [-0.25, -0.2) is 4.98 Å². The largest absolute Gasteiger partial charge is 0.388 e. The summed E-state index contributed by atoms with van der Waals surface area (Å²) < 4.78 is 0. The van der Waals surface area contributed by atoms with Gasteiger partial charge in [0.2, 0.25) is 0 Å². The monoisotopic (exact) mass is 237 g/mol. The molecule has 1 saturated heterocycles. The molecule has 0 saturated carbocycles. The fourth-order valence-corrected chi connectivity index (χ4v) is 2.05. The van der Waals surface area contributed by atoms with Crippen LogP contribution in [0.4, 0.5) is 5.82 Å². The van der Waals surface area contributed by atoms with Gasteiger partial charge in [-0.3, -0.25) is 0 Å². The Bertz CT molecular complexity index is 453. The minimum Gasteiger partial charge on any atom is -0.388 e. The lowest BCUT2D eigenvalue weighted by molar-refractivity contribution is 0.0839. The number of aromatic nitrogens is 1. The van der Waals surface area contributed by atoms with Crippen molar-refractivity contribution in [2.45, 2.75) is 18.9 Å². The topological polar surface area (TPSA) is 60.1 Å². The summed E-state index contributed by atoms with van der Waals surface area (Å²) in [5.74, 6) is 0.654. The van der Waals surface area contributed by atoms with Gasteiger partial charge in [0, 0.05) is 13.1 Å². The maximum absolute atomic E-state index is 9.85. The van der Waals surface area contributed by atoms with Gasteiger partial charge in [0.25, 0.3) is 0 Å². The highest BCUT2D eigenvalue weighted by Crippen LogP contribution is 2.26. The summed E-state index contributed by atoms with van der Waals surface area (Å²) in [6.45, 7) is 3.04. The van der Waals surface area contributed by atoms with E-state index in [0.717, 1.165) is 6.54 Å². The van der Waals surface area contributed by atoms with Crippen LogP contribution in [0, 0.1) is 11.3 Å². The van der Waals surface area contributed by atoms with Crippen LogP contribution in [-0.4, -0.2) is 28.8 Å². The van der Waals surface area contributed by atoms with Crippen LogP contribution < -0.4 is 4.90 Å². The second-order valence-electron chi connectivity index (χ2n) is 4.32. The zero-order chi connectivity index (χ0) is 11.8. The molecule has 84 valence electrons. The lowest BCUT2D eigenvalue weighted by Gasteiger charge is -2.20. The van der Waals surface area contributed by atoms with Crippen molar-refractivity contribution in [1.29, 1.82) is 5.26 Å². The van der Waals surface area contributed by atoms with Crippen LogP contribution in [0.1, 0.15) is 18.9 Å². The van der Waals surface area contributed by atoms with Gasteiger partial charge in [0.1, 0.15) is 11.0 Å². The van der Waals surface area contributed by atoms with Gasteiger partial charge in [-0.1, -0.05) is 11.6 Å². The molecule has 0 spiro atoms. The molecule has 16 heavy (non-hydrogen) atoms. The summed E-state index contributed by atoms with van der Waals surface area (Å²) in [7, 11) is 0. The zero-order valence-corrected chi connectivity index (χ0v) is 9.70. The Hall–Kier alpha value is -1.31. The first-order valence-electron chi connectivity index (χ1n) is 5.05. The second-order valence-corrected chi connectivity index (χ2v) is 4.70. The van der Waals surface area contributed by atoms with Crippen molar-refractivity contribution in [1.82, 2.24) is 4.98 Å². The molecule has 2 rings (SSSR count). The lowest BCUT2D eigenvalue weighted by atomic mass is 10.1. The molecule has 0 aliphatic carbocycles. The van der Waals surface area contributed by atoms with Crippen LogP contribution >= 0.6 is 11.6 Å². The molecule has 1 aliphatic heterocycles. The number of hydrogen-bond donors (Lipinski definition) is 1. The third kappa shape index (κ3) is 2.26. The maximum atomic E-state index is 9.85. The number of aliphatic hydroxyl groups is 1. The minimum atomic E-state index is -0.684. The van der Waals surface area contributed by atoms with Gasteiger partial charge < -0.3 is 10.0 Å². The van der Waals surface area contributed by atoms with Crippen molar-refractivity contribution in [2.75, 3.05) is 18.0 Å². The van der Waals surface area contributed by atoms with Crippen molar-refractivity contribution in [2.24, 2.45) is 0 Å². The standard InChI is InChI=1S/C11H12ClN3O/c1-11(16)2-3-15(7-11)10-5-8(6-13)4-9(12)14-10/h4-5,16H,2-3,7H2,1H3. The first-order chi connectivity index (χ1) is 7.50. The van der Waals surface area contributed by atoms with Gasteiger partial charge in [-0.15, -0.1) is 0 Å². The number of rotatable bonds is 1. The third-order valence-electron chi connectivity index (χ3n) is 2.69. The molecular weight excluding hydrogens is 226 g/mol. The van der Waals surface area contributed by atoms with E-state index in [9.17, 15) is 5.11 Å². The Balaban J connectivity index is 2.29. The summed E-state index contributed by atoms with van der Waals surface area (Å²) in [5, 5.41) is 19.0. The van der Waals surface area contributed by atoms with Crippen LogP contribution in [0.5, 0.6) is 0 Å². The Kier molecular flexibility index (Phi) is 2.75. The molecule has 1 aromatic rings. The molecular formula is C11H12ClN3O. The van der Waals surface area contributed by atoms with E-state index in [4.69, 9.17) is 16.9 Å². The Morgan fingerprint density at radius 3 is 2.94 bits per heavy atom. The average Bonchev–Trinajstić information content (AvgIpc) is 2.58.